The monoisotopic (exact) mass is 407 g/mol. The molecule has 1 aromatic carbocycles. The highest BCUT2D eigenvalue weighted by molar-refractivity contribution is 6.30. The molecule has 4 rings (SSSR count). The van der Waals surface area contributed by atoms with E-state index in [2.05, 4.69) is 22.0 Å². The number of urea groups is 1. The number of hydrogen-bond acceptors (Lipinski definition) is 6. The van der Waals surface area contributed by atoms with Crippen LogP contribution in [0, 0.1) is 5.92 Å². The summed E-state index contributed by atoms with van der Waals surface area (Å²) in [5, 5.41) is 4.18. The predicted molar refractivity (Wildman–Crippen MR) is 106 cm³/mol. The van der Waals surface area contributed by atoms with Gasteiger partial charge in [-0.15, -0.1) is 0 Å². The van der Waals surface area contributed by atoms with Crippen molar-refractivity contribution in [3.63, 3.8) is 0 Å². The number of halogens is 1. The third-order valence-electron chi connectivity index (χ3n) is 5.74. The topological polar surface area (TPSA) is 68.4 Å². The van der Waals surface area contributed by atoms with Crippen LogP contribution < -0.4 is 10.2 Å². The zero-order valence-electron chi connectivity index (χ0n) is 16.3. The molecule has 1 aromatic rings. The molecular formula is C19H26ClN5O3. The molecule has 9 heteroatoms. The van der Waals surface area contributed by atoms with Gasteiger partial charge in [0.2, 0.25) is 0 Å². The molecular weight excluding hydrogens is 382 g/mol. The fourth-order valence-corrected chi connectivity index (χ4v) is 4.65. The Bertz CT molecular complexity index is 778. The summed E-state index contributed by atoms with van der Waals surface area (Å²) in [6.45, 7) is 4.37. The van der Waals surface area contributed by atoms with Crippen LogP contribution in [0.5, 0.6) is 0 Å². The highest BCUT2D eigenvalue weighted by Gasteiger charge is 2.56. The first kappa shape index (κ1) is 19.4. The van der Waals surface area contributed by atoms with Crippen LogP contribution in [0.1, 0.15) is 6.92 Å². The van der Waals surface area contributed by atoms with Crippen molar-refractivity contribution in [2.75, 3.05) is 45.3 Å². The number of carbonyl (C=O) groups excluding carboxylic acids is 2. The lowest BCUT2D eigenvalue weighted by molar-refractivity contribution is -0.139. The van der Waals surface area contributed by atoms with Gasteiger partial charge in [-0.2, -0.15) is 0 Å². The van der Waals surface area contributed by atoms with Crippen LogP contribution in [0.2, 0.25) is 5.02 Å². The number of rotatable bonds is 4. The van der Waals surface area contributed by atoms with Crippen molar-refractivity contribution in [2.24, 2.45) is 5.92 Å². The van der Waals surface area contributed by atoms with E-state index in [1.807, 2.05) is 24.3 Å². The first-order chi connectivity index (χ1) is 13.4. The summed E-state index contributed by atoms with van der Waals surface area (Å²) >= 11 is 6.21. The van der Waals surface area contributed by atoms with Gasteiger partial charge in [0.1, 0.15) is 18.5 Å². The van der Waals surface area contributed by atoms with Crippen molar-refractivity contribution in [2.45, 2.75) is 25.4 Å². The van der Waals surface area contributed by atoms with Crippen LogP contribution in [0.15, 0.2) is 24.3 Å². The molecule has 0 spiro atoms. The molecule has 3 saturated heterocycles. The number of nitrogens with one attached hydrogen (secondary N) is 1. The molecule has 4 atom stereocenters. The second kappa shape index (κ2) is 7.51. The van der Waals surface area contributed by atoms with Crippen LogP contribution in [-0.2, 0) is 9.53 Å². The van der Waals surface area contributed by atoms with Crippen molar-refractivity contribution in [1.29, 1.82) is 0 Å². The van der Waals surface area contributed by atoms with Gasteiger partial charge in [-0.1, -0.05) is 24.6 Å². The fourth-order valence-electron chi connectivity index (χ4n) is 4.46. The van der Waals surface area contributed by atoms with Gasteiger partial charge in [-0.25, -0.2) is 4.79 Å². The van der Waals surface area contributed by atoms with E-state index in [4.69, 9.17) is 16.3 Å². The summed E-state index contributed by atoms with van der Waals surface area (Å²) in [7, 11) is 3.30. The number of amides is 3. The Kier molecular flexibility index (Phi) is 5.22. The summed E-state index contributed by atoms with van der Waals surface area (Å²) in [4.78, 5) is 33.3. The SMILES string of the molecule is COCCN1C(=O)C2C(NC3N(c4cccc(Cl)c4)CC(C)CN23)N(C)C1=O. The van der Waals surface area contributed by atoms with Gasteiger partial charge < -0.3 is 14.5 Å². The van der Waals surface area contributed by atoms with Crippen LogP contribution in [0.25, 0.3) is 0 Å². The molecule has 0 aliphatic carbocycles. The van der Waals surface area contributed by atoms with Gasteiger partial charge in [0.25, 0.3) is 5.91 Å². The Hall–Kier alpha value is -1.87. The number of nitrogens with zero attached hydrogens (tertiary/aromatic N) is 4. The van der Waals surface area contributed by atoms with Gasteiger partial charge >= 0.3 is 6.03 Å². The molecule has 28 heavy (non-hydrogen) atoms. The fraction of sp³-hybridized carbons (Fsp3) is 0.579. The average molecular weight is 408 g/mol. The summed E-state index contributed by atoms with van der Waals surface area (Å²) in [6, 6.07) is 7.02. The molecule has 3 fully saturated rings. The molecule has 1 N–H and O–H groups in total. The van der Waals surface area contributed by atoms with E-state index in [1.165, 1.54) is 4.90 Å². The molecule has 0 aromatic heterocycles. The molecule has 3 amide bonds. The van der Waals surface area contributed by atoms with Gasteiger partial charge in [-0.3, -0.25) is 19.9 Å². The molecule has 3 aliphatic heterocycles. The summed E-state index contributed by atoms with van der Waals surface area (Å²) in [5.41, 5.74) is 0.998. The van der Waals surface area contributed by atoms with E-state index in [-0.39, 0.29) is 30.9 Å². The van der Waals surface area contributed by atoms with Crippen LogP contribution in [0.3, 0.4) is 0 Å². The van der Waals surface area contributed by atoms with Crippen molar-refractivity contribution < 1.29 is 14.3 Å². The molecule has 3 aliphatic rings. The molecule has 0 saturated carbocycles. The Morgan fingerprint density at radius 3 is 2.79 bits per heavy atom. The predicted octanol–water partition coefficient (Wildman–Crippen LogP) is 1.22. The normalized spacial score (nSPS) is 30.6. The Morgan fingerprint density at radius 2 is 2.07 bits per heavy atom. The highest BCUT2D eigenvalue weighted by atomic mass is 35.5. The van der Waals surface area contributed by atoms with Crippen molar-refractivity contribution in [3.8, 4) is 0 Å². The third-order valence-corrected chi connectivity index (χ3v) is 5.98. The van der Waals surface area contributed by atoms with Crippen molar-refractivity contribution >= 4 is 29.2 Å². The van der Waals surface area contributed by atoms with E-state index in [9.17, 15) is 9.59 Å². The Labute approximate surface area is 169 Å². The van der Waals surface area contributed by atoms with Gasteiger partial charge in [0.15, 0.2) is 0 Å². The van der Waals surface area contributed by atoms with Crippen LogP contribution in [0.4, 0.5) is 10.5 Å². The van der Waals surface area contributed by atoms with Crippen LogP contribution >= 0.6 is 11.6 Å². The molecule has 152 valence electrons. The first-order valence-corrected chi connectivity index (χ1v) is 9.91. The van der Waals surface area contributed by atoms with E-state index in [0.29, 0.717) is 17.5 Å². The maximum absolute atomic E-state index is 13.2. The van der Waals surface area contributed by atoms with Crippen LogP contribution in [-0.4, -0.2) is 85.5 Å². The number of benzene rings is 1. The number of carbonyl (C=O) groups is 2. The molecule has 0 bridgehead atoms. The standard InChI is InChI=1S/C19H26ClN5O3/c1-12-10-24(14-6-4-5-13(20)9-14)18-21-16-15(25(18)11-12)17(26)23(7-8-28-3)19(27)22(16)2/h4-6,9,12,15-16,18,21H,7-8,10-11H2,1-3H3. The molecule has 8 nitrogen and oxygen atoms in total. The smallest absolute Gasteiger partial charge is 0.327 e. The minimum absolute atomic E-state index is 0.166. The number of imide groups is 1. The number of likely N-dealkylation sites (N-methyl/N-ethyl adjacent to an activating group) is 1. The van der Waals surface area contributed by atoms with E-state index in [1.54, 1.807) is 19.1 Å². The molecule has 4 unspecified atom stereocenters. The van der Waals surface area contributed by atoms with Gasteiger partial charge in [0, 0.05) is 38.0 Å². The minimum atomic E-state index is -0.422. The van der Waals surface area contributed by atoms with E-state index in [0.717, 1.165) is 18.8 Å². The summed E-state index contributed by atoms with van der Waals surface area (Å²) in [5.74, 6) is 0.194. The summed E-state index contributed by atoms with van der Waals surface area (Å²) in [6.07, 6.45) is -0.540. The Morgan fingerprint density at radius 1 is 1.29 bits per heavy atom. The zero-order valence-corrected chi connectivity index (χ0v) is 17.1. The second-order valence-corrected chi connectivity index (χ2v) is 8.18. The van der Waals surface area contributed by atoms with Crippen molar-refractivity contribution in [3.05, 3.63) is 29.3 Å². The zero-order chi connectivity index (χ0) is 20.0. The van der Waals surface area contributed by atoms with Gasteiger partial charge in [0.05, 0.1) is 13.2 Å². The number of fused-ring (bicyclic) bond motifs is 3. The maximum Gasteiger partial charge on any atom is 0.327 e. The van der Waals surface area contributed by atoms with E-state index < -0.39 is 6.04 Å². The van der Waals surface area contributed by atoms with E-state index >= 15 is 0 Å². The lowest BCUT2D eigenvalue weighted by atomic mass is 10.0. The Balaban J connectivity index is 1.66. The largest absolute Gasteiger partial charge is 0.383 e. The quantitative estimate of drug-likeness (QED) is 0.809. The molecule has 3 heterocycles. The van der Waals surface area contributed by atoms with Gasteiger partial charge in [-0.05, 0) is 24.1 Å². The van der Waals surface area contributed by atoms with Crippen molar-refractivity contribution in [1.82, 2.24) is 20.0 Å². The number of ether oxygens (including phenoxy) is 1. The molecule has 0 radical (unpaired) electrons. The number of anilines is 1. The summed E-state index contributed by atoms with van der Waals surface area (Å²) < 4.78 is 5.08. The lowest BCUT2D eigenvalue weighted by Crippen LogP contribution is -2.67. The maximum atomic E-state index is 13.2. The second-order valence-electron chi connectivity index (χ2n) is 7.74. The number of hydrogen-bond donors (Lipinski definition) is 1. The lowest BCUT2D eigenvalue weighted by Gasteiger charge is -2.46. The third kappa shape index (κ3) is 3.14. The highest BCUT2D eigenvalue weighted by Crippen LogP contribution is 2.34. The minimum Gasteiger partial charge on any atom is -0.383 e. The first-order valence-electron chi connectivity index (χ1n) is 9.53. The number of methoxy groups -OCH3 is 1. The average Bonchev–Trinajstić information content (AvgIpc) is 3.05.